The topological polar surface area (TPSA) is 36.3 Å². The fraction of sp³-hybridized carbons (Fsp3) is 0.588. The minimum Gasteiger partial charge on any atom is -0.496 e. The Morgan fingerprint density at radius 2 is 2.10 bits per heavy atom. The summed E-state index contributed by atoms with van der Waals surface area (Å²) in [4.78, 5) is 2.38. The average Bonchev–Trinajstić information content (AvgIpc) is 2.45. The molecule has 0 aromatic heterocycles. The Labute approximate surface area is 122 Å². The van der Waals surface area contributed by atoms with Crippen molar-refractivity contribution in [2.24, 2.45) is 5.92 Å². The van der Waals surface area contributed by atoms with E-state index in [4.69, 9.17) is 4.74 Å². The molecule has 0 bridgehead atoms. The molecule has 2 rings (SSSR count). The third kappa shape index (κ3) is 2.41. The van der Waals surface area contributed by atoms with Crippen LogP contribution in [0.2, 0.25) is 0 Å². The Hall–Kier alpha value is -1.53. The lowest BCUT2D eigenvalue weighted by Crippen LogP contribution is -2.51. The number of rotatable bonds is 3. The zero-order valence-electron chi connectivity index (χ0n) is 12.9. The van der Waals surface area contributed by atoms with Gasteiger partial charge in [0.15, 0.2) is 0 Å². The van der Waals surface area contributed by atoms with Gasteiger partial charge in [-0.1, -0.05) is 25.1 Å². The lowest BCUT2D eigenvalue weighted by Gasteiger charge is -2.48. The Morgan fingerprint density at radius 1 is 1.40 bits per heavy atom. The zero-order valence-corrected chi connectivity index (χ0v) is 12.9. The van der Waals surface area contributed by atoms with Gasteiger partial charge in [-0.2, -0.15) is 5.26 Å². The molecule has 3 heteroatoms. The molecule has 1 heterocycles. The first kappa shape index (κ1) is 14.9. The fourth-order valence-corrected chi connectivity index (χ4v) is 3.58. The molecule has 0 aliphatic carbocycles. The van der Waals surface area contributed by atoms with E-state index in [2.05, 4.69) is 37.9 Å². The molecule has 3 nitrogen and oxygen atoms in total. The molecule has 3 atom stereocenters. The number of likely N-dealkylation sites (tertiary alicyclic amines) is 1. The number of hydrogen-bond acceptors (Lipinski definition) is 3. The van der Waals surface area contributed by atoms with Crippen molar-refractivity contribution >= 4 is 0 Å². The molecule has 108 valence electrons. The van der Waals surface area contributed by atoms with Gasteiger partial charge in [0.25, 0.3) is 0 Å². The van der Waals surface area contributed by atoms with Gasteiger partial charge in [-0.15, -0.1) is 0 Å². The van der Waals surface area contributed by atoms with E-state index in [1.165, 1.54) is 5.56 Å². The van der Waals surface area contributed by atoms with Crippen LogP contribution in [0.15, 0.2) is 24.3 Å². The van der Waals surface area contributed by atoms with E-state index in [-0.39, 0.29) is 5.41 Å². The van der Waals surface area contributed by atoms with Crippen LogP contribution in [-0.2, 0) is 5.41 Å². The largest absolute Gasteiger partial charge is 0.496 e. The highest BCUT2D eigenvalue weighted by molar-refractivity contribution is 5.41. The van der Waals surface area contributed by atoms with Gasteiger partial charge in [-0.25, -0.2) is 0 Å². The van der Waals surface area contributed by atoms with E-state index in [1.807, 2.05) is 18.2 Å². The number of para-hydroxylation sites is 1. The summed E-state index contributed by atoms with van der Waals surface area (Å²) in [7, 11) is 3.88. The molecular formula is C17H24N2O. The predicted molar refractivity (Wildman–Crippen MR) is 80.8 cm³/mol. The van der Waals surface area contributed by atoms with Crippen LogP contribution in [0.5, 0.6) is 5.75 Å². The lowest BCUT2D eigenvalue weighted by atomic mass is 9.63. The number of methoxy groups -OCH3 is 1. The summed E-state index contributed by atoms with van der Waals surface area (Å²) in [5, 5.41) is 9.37. The van der Waals surface area contributed by atoms with Crippen molar-refractivity contribution in [2.45, 2.75) is 38.1 Å². The second-order valence-electron chi connectivity index (χ2n) is 6.09. The monoisotopic (exact) mass is 272 g/mol. The molecule has 1 aromatic carbocycles. The highest BCUT2D eigenvalue weighted by Crippen LogP contribution is 2.47. The van der Waals surface area contributed by atoms with Gasteiger partial charge in [0.2, 0.25) is 0 Å². The van der Waals surface area contributed by atoms with Crippen molar-refractivity contribution in [2.75, 3.05) is 20.7 Å². The van der Waals surface area contributed by atoms with Gasteiger partial charge in [-0.3, -0.25) is 0 Å². The molecule has 1 aliphatic rings. The minimum atomic E-state index is -0.104. The Morgan fingerprint density at radius 3 is 2.75 bits per heavy atom. The number of nitrogens with zero attached hydrogens (tertiary/aromatic N) is 2. The maximum absolute atomic E-state index is 9.37. The molecule has 1 fully saturated rings. The minimum absolute atomic E-state index is 0.104. The van der Waals surface area contributed by atoms with Crippen LogP contribution in [0.1, 0.15) is 32.3 Å². The molecule has 1 saturated heterocycles. The number of ether oxygens (including phenoxy) is 1. The number of benzene rings is 1. The SMILES string of the molecule is COc1ccccc1[C@@]1(CC#N)C[C@@H](C)N(C)C[C@H]1C. The van der Waals surface area contributed by atoms with Gasteiger partial charge < -0.3 is 9.64 Å². The summed E-state index contributed by atoms with van der Waals surface area (Å²) in [6.45, 7) is 5.51. The summed E-state index contributed by atoms with van der Waals surface area (Å²) < 4.78 is 5.56. The lowest BCUT2D eigenvalue weighted by molar-refractivity contribution is 0.0754. The Bertz CT molecular complexity index is 508. The van der Waals surface area contributed by atoms with Gasteiger partial charge in [0.05, 0.1) is 13.2 Å². The van der Waals surface area contributed by atoms with E-state index in [0.717, 1.165) is 18.7 Å². The van der Waals surface area contributed by atoms with Crippen LogP contribution < -0.4 is 4.74 Å². The first-order chi connectivity index (χ1) is 9.55. The molecule has 0 unspecified atom stereocenters. The third-order valence-corrected chi connectivity index (χ3v) is 4.96. The number of nitriles is 1. The second kappa shape index (κ2) is 5.85. The molecule has 0 radical (unpaired) electrons. The molecule has 0 amide bonds. The van der Waals surface area contributed by atoms with Crippen molar-refractivity contribution in [3.63, 3.8) is 0 Å². The van der Waals surface area contributed by atoms with Crippen molar-refractivity contribution in [1.82, 2.24) is 4.90 Å². The highest BCUT2D eigenvalue weighted by Gasteiger charge is 2.45. The van der Waals surface area contributed by atoms with Crippen LogP contribution >= 0.6 is 0 Å². The zero-order chi connectivity index (χ0) is 14.8. The van der Waals surface area contributed by atoms with Gasteiger partial charge >= 0.3 is 0 Å². The van der Waals surface area contributed by atoms with Gasteiger partial charge in [-0.05, 0) is 32.4 Å². The standard InChI is InChI=1S/C17H24N2O/c1-13-12-19(3)14(2)11-17(13,9-10-18)15-7-5-6-8-16(15)20-4/h5-8,13-14H,9,11-12H2,1-4H3/t13-,14-,17+/m1/s1. The maximum Gasteiger partial charge on any atom is 0.122 e. The second-order valence-corrected chi connectivity index (χ2v) is 6.09. The number of piperidine rings is 1. The Balaban J connectivity index is 2.52. The molecule has 0 saturated carbocycles. The molecule has 0 N–H and O–H groups in total. The van der Waals surface area contributed by atoms with Gasteiger partial charge in [0.1, 0.15) is 5.75 Å². The van der Waals surface area contributed by atoms with Crippen molar-refractivity contribution in [1.29, 1.82) is 5.26 Å². The summed E-state index contributed by atoms with van der Waals surface area (Å²) >= 11 is 0. The quantitative estimate of drug-likeness (QED) is 0.847. The summed E-state index contributed by atoms with van der Waals surface area (Å²) in [5.41, 5.74) is 1.09. The fourth-order valence-electron chi connectivity index (χ4n) is 3.58. The third-order valence-electron chi connectivity index (χ3n) is 4.96. The van der Waals surface area contributed by atoms with E-state index in [9.17, 15) is 5.26 Å². The van der Waals surface area contributed by atoms with Crippen LogP contribution in [0.3, 0.4) is 0 Å². The van der Waals surface area contributed by atoms with Crippen LogP contribution in [-0.4, -0.2) is 31.6 Å². The van der Waals surface area contributed by atoms with E-state index >= 15 is 0 Å². The van der Waals surface area contributed by atoms with Crippen molar-refractivity contribution in [3.8, 4) is 11.8 Å². The first-order valence-electron chi connectivity index (χ1n) is 7.26. The van der Waals surface area contributed by atoms with E-state index in [0.29, 0.717) is 18.4 Å². The normalized spacial score (nSPS) is 30.8. The van der Waals surface area contributed by atoms with Crippen LogP contribution in [0, 0.1) is 17.2 Å². The van der Waals surface area contributed by atoms with E-state index in [1.54, 1.807) is 7.11 Å². The van der Waals surface area contributed by atoms with Crippen LogP contribution in [0.4, 0.5) is 0 Å². The van der Waals surface area contributed by atoms with Crippen molar-refractivity contribution in [3.05, 3.63) is 29.8 Å². The maximum atomic E-state index is 9.37. The molecular weight excluding hydrogens is 248 g/mol. The highest BCUT2D eigenvalue weighted by atomic mass is 16.5. The van der Waals surface area contributed by atoms with Crippen LogP contribution in [0.25, 0.3) is 0 Å². The molecule has 1 aliphatic heterocycles. The first-order valence-corrected chi connectivity index (χ1v) is 7.26. The summed E-state index contributed by atoms with van der Waals surface area (Å²) in [5.74, 6) is 1.34. The average molecular weight is 272 g/mol. The summed E-state index contributed by atoms with van der Waals surface area (Å²) in [6, 6.07) is 11.1. The van der Waals surface area contributed by atoms with Crippen molar-refractivity contribution < 1.29 is 4.74 Å². The molecule has 1 aromatic rings. The summed E-state index contributed by atoms with van der Waals surface area (Å²) in [6.07, 6.45) is 1.55. The van der Waals surface area contributed by atoms with E-state index < -0.39 is 0 Å². The smallest absolute Gasteiger partial charge is 0.122 e. The molecule has 0 spiro atoms. The Kier molecular flexibility index (Phi) is 4.35. The van der Waals surface area contributed by atoms with Gasteiger partial charge in [0, 0.05) is 30.0 Å². The predicted octanol–water partition coefficient (Wildman–Crippen LogP) is 3.21. The molecule has 20 heavy (non-hydrogen) atoms. The number of hydrogen-bond donors (Lipinski definition) is 0.